The van der Waals surface area contributed by atoms with E-state index in [4.69, 9.17) is 24.3 Å². The summed E-state index contributed by atoms with van der Waals surface area (Å²) in [4.78, 5) is 19.2. The van der Waals surface area contributed by atoms with Crippen molar-refractivity contribution in [1.29, 1.82) is 0 Å². The first-order valence-electron chi connectivity index (χ1n) is 14.1. The van der Waals surface area contributed by atoms with E-state index in [2.05, 4.69) is 42.7 Å². The lowest BCUT2D eigenvalue weighted by Gasteiger charge is -2.31. The normalized spacial score (nSPS) is 18.0. The second kappa shape index (κ2) is 15.6. The molecule has 224 valence electrons. The van der Waals surface area contributed by atoms with Gasteiger partial charge in [-0.2, -0.15) is 0 Å². The number of ether oxygens (including phenoxy) is 3. The Kier molecular flexibility index (Phi) is 12.0. The van der Waals surface area contributed by atoms with Crippen molar-refractivity contribution in [2.24, 2.45) is 4.99 Å². The summed E-state index contributed by atoms with van der Waals surface area (Å²) in [5.74, 6) is 0.768. The first kappa shape index (κ1) is 32.2. The Balaban J connectivity index is 1.67. The van der Waals surface area contributed by atoms with Crippen molar-refractivity contribution in [3.8, 4) is 5.75 Å². The fourth-order valence-corrected chi connectivity index (χ4v) is 5.09. The molecular weight excluding hydrogens is 666 g/mol. The van der Waals surface area contributed by atoms with Gasteiger partial charge in [0.15, 0.2) is 11.6 Å². The zero-order valence-corrected chi connectivity index (χ0v) is 27.0. The molecule has 0 aliphatic carbocycles. The summed E-state index contributed by atoms with van der Waals surface area (Å²) in [7, 11) is 0. The predicted molar refractivity (Wildman–Crippen MR) is 171 cm³/mol. The Labute approximate surface area is 264 Å². The quantitative estimate of drug-likeness (QED) is 0.135. The largest absolute Gasteiger partial charge is 0.494 e. The van der Waals surface area contributed by atoms with Gasteiger partial charge >= 0.3 is 0 Å². The van der Waals surface area contributed by atoms with Crippen LogP contribution in [0.15, 0.2) is 86.7 Å². The van der Waals surface area contributed by atoms with Crippen molar-refractivity contribution < 1.29 is 24.1 Å². The number of carbonyl (C=O) groups is 1. The van der Waals surface area contributed by atoms with Crippen LogP contribution in [0.5, 0.6) is 5.75 Å². The Morgan fingerprint density at radius 3 is 2.29 bits per heavy atom. The van der Waals surface area contributed by atoms with Gasteiger partial charge in [-0.05, 0) is 79.9 Å². The maximum Gasteiger partial charge on any atom is 0.266 e. The van der Waals surface area contributed by atoms with E-state index in [0.717, 1.165) is 32.1 Å². The number of benzene rings is 3. The lowest BCUT2D eigenvalue weighted by Crippen LogP contribution is -2.54. The van der Waals surface area contributed by atoms with Crippen LogP contribution in [0, 0.1) is 0 Å². The molecule has 42 heavy (non-hydrogen) atoms. The molecule has 0 unspecified atom stereocenters. The van der Waals surface area contributed by atoms with Gasteiger partial charge in [0, 0.05) is 47.1 Å². The molecule has 8 nitrogen and oxygen atoms in total. The lowest BCUT2D eigenvalue weighted by molar-refractivity contribution is -0.130. The van der Waals surface area contributed by atoms with Crippen molar-refractivity contribution in [3.63, 3.8) is 0 Å². The second-order valence-electron chi connectivity index (χ2n) is 10.3. The second-order valence-corrected chi connectivity index (χ2v) is 12.1. The van der Waals surface area contributed by atoms with E-state index in [9.17, 15) is 4.79 Å². The molecule has 3 aromatic carbocycles. The van der Waals surface area contributed by atoms with Crippen molar-refractivity contribution in [3.05, 3.63) is 98.4 Å². The van der Waals surface area contributed by atoms with E-state index in [1.54, 1.807) is 0 Å². The molecule has 1 aliphatic heterocycles. The van der Waals surface area contributed by atoms with Crippen molar-refractivity contribution in [2.75, 3.05) is 26.4 Å². The van der Waals surface area contributed by atoms with Crippen LogP contribution in [0.2, 0.25) is 0 Å². The monoisotopic (exact) mass is 701 g/mol. The number of nitrogens with one attached hydrogen (secondary N) is 2. The van der Waals surface area contributed by atoms with Gasteiger partial charge in [0.2, 0.25) is 5.90 Å². The summed E-state index contributed by atoms with van der Waals surface area (Å²) in [5, 5.41) is 9.03. The summed E-state index contributed by atoms with van der Waals surface area (Å²) in [6, 6.07) is 23.1. The van der Waals surface area contributed by atoms with E-state index in [1.807, 2.05) is 86.6 Å². The number of aliphatic imine (C=N–C) groups is 1. The maximum absolute atomic E-state index is 14.2. The molecule has 3 aromatic rings. The van der Waals surface area contributed by atoms with Crippen LogP contribution in [0.1, 0.15) is 49.5 Å². The minimum Gasteiger partial charge on any atom is -0.494 e. The Bertz CT molecular complexity index is 1320. The van der Waals surface area contributed by atoms with Crippen LogP contribution < -0.4 is 15.6 Å². The highest BCUT2D eigenvalue weighted by Gasteiger charge is 2.53. The molecule has 4 rings (SSSR count). The van der Waals surface area contributed by atoms with Gasteiger partial charge in [0.25, 0.3) is 5.91 Å². The molecule has 1 heterocycles. The number of hydrogen-bond donors (Lipinski definition) is 3. The molecule has 0 saturated carbocycles. The molecular formula is C32H37Br2N3O5. The molecule has 0 fully saturated rings. The van der Waals surface area contributed by atoms with Gasteiger partial charge in [-0.15, -0.1) is 0 Å². The minimum atomic E-state index is -1.30. The Morgan fingerprint density at radius 2 is 1.64 bits per heavy atom. The third kappa shape index (κ3) is 8.64. The summed E-state index contributed by atoms with van der Waals surface area (Å²) in [6.45, 7) is 5.63. The van der Waals surface area contributed by atoms with Crippen molar-refractivity contribution >= 4 is 43.7 Å². The highest BCUT2D eigenvalue weighted by molar-refractivity contribution is 9.10. The standard InChI is InChI=1S/C32H37Br2N3O5/c1-22(2)40-19-3-17-35-37-31(39)32(21-23-5-11-26(33)12-6-23)29(24-7-13-27(34)14-8-24)42-30(36-32)25-9-15-28(16-10-25)41-20-4-18-38/h5-16,22,29,35,38H,3-4,17-21H2,1-2H3,(H,37,39)/t29-,32-/m0/s1. The van der Waals surface area contributed by atoms with Crippen LogP contribution in [0.3, 0.4) is 0 Å². The van der Waals surface area contributed by atoms with Gasteiger partial charge in [-0.1, -0.05) is 56.1 Å². The van der Waals surface area contributed by atoms with E-state index in [1.165, 1.54) is 0 Å². The highest BCUT2D eigenvalue weighted by atomic mass is 79.9. The number of hydrogen-bond acceptors (Lipinski definition) is 7. The van der Waals surface area contributed by atoms with E-state index in [0.29, 0.717) is 44.2 Å². The highest BCUT2D eigenvalue weighted by Crippen LogP contribution is 2.43. The number of aliphatic hydroxyl groups is 1. The van der Waals surface area contributed by atoms with Crippen molar-refractivity contribution in [2.45, 2.75) is 50.9 Å². The van der Waals surface area contributed by atoms with Gasteiger partial charge in [-0.3, -0.25) is 10.2 Å². The maximum atomic E-state index is 14.2. The first-order chi connectivity index (χ1) is 20.3. The molecule has 3 N–H and O–H groups in total. The average molecular weight is 703 g/mol. The molecule has 1 aliphatic rings. The number of carbonyl (C=O) groups excluding carboxylic acids is 1. The molecule has 0 bridgehead atoms. The number of hydrazine groups is 1. The molecule has 0 radical (unpaired) electrons. The predicted octanol–water partition coefficient (Wildman–Crippen LogP) is 5.91. The molecule has 0 saturated heterocycles. The van der Waals surface area contributed by atoms with Crippen LogP contribution >= 0.6 is 31.9 Å². The Morgan fingerprint density at radius 1 is 0.976 bits per heavy atom. The summed E-state index contributed by atoms with van der Waals surface area (Å²) in [5.41, 5.74) is 7.20. The molecule has 0 spiro atoms. The lowest BCUT2D eigenvalue weighted by atomic mass is 9.82. The third-order valence-corrected chi connectivity index (χ3v) is 7.75. The number of nitrogens with zero attached hydrogens (tertiary/aromatic N) is 1. The van der Waals surface area contributed by atoms with Gasteiger partial charge in [-0.25, -0.2) is 10.4 Å². The molecule has 1 amide bonds. The first-order valence-corrected chi connectivity index (χ1v) is 15.6. The fraction of sp³-hybridized carbons (Fsp3) is 0.375. The smallest absolute Gasteiger partial charge is 0.266 e. The summed E-state index contributed by atoms with van der Waals surface area (Å²) >= 11 is 7.02. The molecule has 0 aromatic heterocycles. The van der Waals surface area contributed by atoms with E-state index in [-0.39, 0.29) is 18.6 Å². The number of rotatable bonds is 15. The zero-order valence-electron chi connectivity index (χ0n) is 23.8. The minimum absolute atomic E-state index is 0.0727. The van der Waals surface area contributed by atoms with E-state index < -0.39 is 11.6 Å². The van der Waals surface area contributed by atoms with Gasteiger partial charge in [0.05, 0.1) is 12.7 Å². The topological polar surface area (TPSA) is 101 Å². The van der Waals surface area contributed by atoms with Gasteiger partial charge in [0.1, 0.15) is 5.75 Å². The van der Waals surface area contributed by atoms with Gasteiger partial charge < -0.3 is 19.3 Å². The van der Waals surface area contributed by atoms with Crippen LogP contribution in [0.25, 0.3) is 0 Å². The molecule has 10 heteroatoms. The average Bonchev–Trinajstić information content (AvgIpc) is 3.37. The summed E-state index contributed by atoms with van der Waals surface area (Å²) in [6.07, 6.45) is 1.09. The van der Waals surface area contributed by atoms with Crippen molar-refractivity contribution in [1.82, 2.24) is 10.9 Å². The number of halogens is 2. The SMILES string of the molecule is CC(C)OCCCNNC(=O)[C@@]1(Cc2ccc(Br)cc2)N=C(c2ccc(OCCCO)cc2)O[C@H]1c1ccc(Br)cc1. The number of aliphatic hydroxyl groups excluding tert-OH is 1. The fourth-order valence-electron chi connectivity index (χ4n) is 4.56. The zero-order chi connectivity index (χ0) is 30.0. The van der Waals surface area contributed by atoms with Crippen LogP contribution in [-0.2, 0) is 20.7 Å². The number of amides is 1. The third-order valence-electron chi connectivity index (χ3n) is 6.69. The van der Waals surface area contributed by atoms with E-state index >= 15 is 0 Å². The van der Waals surface area contributed by atoms with Crippen LogP contribution in [0.4, 0.5) is 0 Å². The summed E-state index contributed by atoms with van der Waals surface area (Å²) < 4.78 is 19.7. The Hall–Kier alpha value is -2.76. The molecule has 2 atom stereocenters. The van der Waals surface area contributed by atoms with Crippen LogP contribution in [-0.4, -0.2) is 54.9 Å².